The average Bonchev–Trinajstić information content (AvgIpc) is 3.29. The number of phenols is 2. The first-order valence-corrected chi connectivity index (χ1v) is 12.3. The molecule has 0 aliphatic rings. The van der Waals surface area contributed by atoms with E-state index in [1.54, 1.807) is 12.1 Å². The monoisotopic (exact) mass is 488 g/mol. The molecule has 0 saturated heterocycles. The quantitative estimate of drug-likeness (QED) is 0.153. The number of anilines is 3. The van der Waals surface area contributed by atoms with E-state index >= 15 is 0 Å². The first kappa shape index (κ1) is 24.3. The summed E-state index contributed by atoms with van der Waals surface area (Å²) in [6.45, 7) is 1.48. The second-order valence-corrected chi connectivity index (χ2v) is 8.95. The van der Waals surface area contributed by atoms with Gasteiger partial charge < -0.3 is 26.2 Å². The smallest absolute Gasteiger partial charge is 0.230 e. The van der Waals surface area contributed by atoms with Crippen molar-refractivity contribution < 1.29 is 15.0 Å². The van der Waals surface area contributed by atoms with Gasteiger partial charge in [0.25, 0.3) is 0 Å². The van der Waals surface area contributed by atoms with Crippen LogP contribution in [-0.4, -0.2) is 34.2 Å². The minimum absolute atomic E-state index is 0.0500. The van der Waals surface area contributed by atoms with Crippen LogP contribution in [0.25, 0.3) is 0 Å². The molecular formula is C27H28N4O3S. The van der Waals surface area contributed by atoms with Crippen molar-refractivity contribution in [3.8, 4) is 11.5 Å². The van der Waals surface area contributed by atoms with Gasteiger partial charge in [-0.25, -0.2) is 4.98 Å². The Labute approximate surface area is 208 Å². The second-order valence-electron chi connectivity index (χ2n) is 8.09. The number of carbonyl (C=O) groups excluding carboxylic acids is 1. The molecule has 180 valence electrons. The molecule has 1 amide bonds. The van der Waals surface area contributed by atoms with Crippen molar-refractivity contribution in [3.05, 3.63) is 95.0 Å². The summed E-state index contributed by atoms with van der Waals surface area (Å²) in [5.74, 6) is -0.247. The van der Waals surface area contributed by atoms with Gasteiger partial charge >= 0.3 is 0 Å². The highest BCUT2D eigenvalue weighted by molar-refractivity contribution is 7.13. The van der Waals surface area contributed by atoms with Crippen molar-refractivity contribution >= 4 is 33.8 Å². The Morgan fingerprint density at radius 2 is 1.63 bits per heavy atom. The lowest BCUT2D eigenvalue weighted by Crippen LogP contribution is -2.20. The second kappa shape index (κ2) is 12.0. The highest BCUT2D eigenvalue weighted by Gasteiger charge is 2.09. The SMILES string of the molecule is O=C(Cc1csc(Nc2ccccc2)n1)Nc1ccc(CCNCCc2cccc(O)c2O)cc1. The molecule has 4 aromatic rings. The first-order chi connectivity index (χ1) is 17.1. The van der Waals surface area contributed by atoms with Crippen LogP contribution < -0.4 is 16.0 Å². The van der Waals surface area contributed by atoms with E-state index in [2.05, 4.69) is 20.9 Å². The van der Waals surface area contributed by atoms with Crippen LogP contribution in [-0.2, 0) is 24.1 Å². The van der Waals surface area contributed by atoms with Gasteiger partial charge in [-0.15, -0.1) is 11.3 Å². The predicted molar refractivity (Wildman–Crippen MR) is 141 cm³/mol. The number of benzene rings is 3. The summed E-state index contributed by atoms with van der Waals surface area (Å²) < 4.78 is 0. The molecule has 0 aliphatic carbocycles. The number of rotatable bonds is 11. The van der Waals surface area contributed by atoms with Crippen molar-refractivity contribution in [2.75, 3.05) is 23.7 Å². The van der Waals surface area contributed by atoms with Gasteiger partial charge in [0.15, 0.2) is 16.6 Å². The predicted octanol–water partition coefficient (Wildman–Crippen LogP) is 4.85. The molecule has 0 aliphatic heterocycles. The highest BCUT2D eigenvalue weighted by Crippen LogP contribution is 2.28. The number of carbonyl (C=O) groups is 1. The number of phenolic OH excluding ortho intramolecular Hbond substituents is 2. The normalized spacial score (nSPS) is 10.7. The molecule has 3 aromatic carbocycles. The summed E-state index contributed by atoms with van der Waals surface area (Å²) >= 11 is 1.47. The van der Waals surface area contributed by atoms with Crippen LogP contribution in [0.5, 0.6) is 11.5 Å². The zero-order valence-electron chi connectivity index (χ0n) is 19.2. The van der Waals surface area contributed by atoms with Gasteiger partial charge in [-0.1, -0.05) is 42.5 Å². The first-order valence-electron chi connectivity index (χ1n) is 11.4. The molecule has 0 unspecified atom stereocenters. The van der Waals surface area contributed by atoms with Crippen molar-refractivity contribution in [1.29, 1.82) is 0 Å². The third-order valence-electron chi connectivity index (χ3n) is 5.42. The number of para-hydroxylation sites is 2. The molecule has 4 rings (SSSR count). The highest BCUT2D eigenvalue weighted by atomic mass is 32.1. The van der Waals surface area contributed by atoms with Gasteiger partial charge in [0, 0.05) is 16.8 Å². The Balaban J connectivity index is 1.17. The average molecular weight is 489 g/mol. The van der Waals surface area contributed by atoms with Crippen LogP contribution in [0.4, 0.5) is 16.5 Å². The number of nitrogens with zero attached hydrogens (tertiary/aromatic N) is 1. The zero-order chi connectivity index (χ0) is 24.5. The van der Waals surface area contributed by atoms with E-state index in [9.17, 15) is 15.0 Å². The Bertz CT molecular complexity index is 1240. The van der Waals surface area contributed by atoms with Crippen molar-refractivity contribution in [3.63, 3.8) is 0 Å². The molecule has 0 bridgehead atoms. The largest absolute Gasteiger partial charge is 0.504 e. The van der Waals surface area contributed by atoms with Gasteiger partial charge in [-0.05, 0) is 67.4 Å². The van der Waals surface area contributed by atoms with Gasteiger partial charge in [0.2, 0.25) is 5.91 Å². The fourth-order valence-corrected chi connectivity index (χ4v) is 4.31. The van der Waals surface area contributed by atoms with Crippen LogP contribution >= 0.6 is 11.3 Å². The third-order valence-corrected chi connectivity index (χ3v) is 6.22. The maximum absolute atomic E-state index is 12.4. The van der Waals surface area contributed by atoms with Crippen LogP contribution in [0.1, 0.15) is 16.8 Å². The van der Waals surface area contributed by atoms with Crippen molar-refractivity contribution in [1.82, 2.24) is 10.3 Å². The van der Waals surface area contributed by atoms with Gasteiger partial charge in [-0.3, -0.25) is 4.79 Å². The Kier molecular flexibility index (Phi) is 8.32. The van der Waals surface area contributed by atoms with Gasteiger partial charge in [-0.2, -0.15) is 0 Å². The molecule has 0 saturated carbocycles. The molecule has 7 nitrogen and oxygen atoms in total. The van der Waals surface area contributed by atoms with Gasteiger partial charge in [0.1, 0.15) is 0 Å². The van der Waals surface area contributed by atoms with Crippen LogP contribution in [0.15, 0.2) is 78.2 Å². The summed E-state index contributed by atoms with van der Waals surface area (Å²) in [5, 5.41) is 31.6. The van der Waals surface area contributed by atoms with Crippen molar-refractivity contribution in [2.45, 2.75) is 19.3 Å². The lowest BCUT2D eigenvalue weighted by Gasteiger charge is -2.08. The summed E-state index contributed by atoms with van der Waals surface area (Å²) in [7, 11) is 0. The van der Waals surface area contributed by atoms with Crippen LogP contribution in [0, 0.1) is 0 Å². The Morgan fingerprint density at radius 3 is 2.43 bits per heavy atom. The maximum Gasteiger partial charge on any atom is 0.230 e. The number of amides is 1. The lowest BCUT2D eigenvalue weighted by atomic mass is 10.1. The Morgan fingerprint density at radius 1 is 0.857 bits per heavy atom. The fourth-order valence-electron chi connectivity index (χ4n) is 3.58. The number of thiazole rings is 1. The number of hydrogen-bond donors (Lipinski definition) is 5. The summed E-state index contributed by atoms with van der Waals surface area (Å²) in [5.41, 5.74) is 4.33. The number of aromatic hydroxyl groups is 2. The lowest BCUT2D eigenvalue weighted by molar-refractivity contribution is -0.115. The molecule has 0 atom stereocenters. The molecule has 0 fully saturated rings. The molecule has 0 spiro atoms. The van der Waals surface area contributed by atoms with E-state index in [0.29, 0.717) is 13.0 Å². The molecule has 1 aromatic heterocycles. The van der Waals surface area contributed by atoms with Crippen molar-refractivity contribution in [2.24, 2.45) is 0 Å². The van der Waals surface area contributed by atoms with E-state index < -0.39 is 0 Å². The van der Waals surface area contributed by atoms with E-state index in [1.165, 1.54) is 17.4 Å². The van der Waals surface area contributed by atoms with Crippen LogP contribution in [0.3, 0.4) is 0 Å². The summed E-state index contributed by atoms with van der Waals surface area (Å²) in [6.07, 6.45) is 1.69. The summed E-state index contributed by atoms with van der Waals surface area (Å²) in [6, 6.07) is 22.6. The topological polar surface area (TPSA) is 107 Å². The molecule has 8 heteroatoms. The standard InChI is InChI=1S/C27H28N4O3S/c32-24-8-4-5-20(26(24)34)14-16-28-15-13-19-9-11-22(12-10-19)29-25(33)17-23-18-35-27(31-23)30-21-6-2-1-3-7-21/h1-12,18,28,32,34H,13-17H2,(H,29,33)(H,30,31). The van der Waals surface area contributed by atoms with Crippen LogP contribution in [0.2, 0.25) is 0 Å². The minimum atomic E-state index is -0.105. The third kappa shape index (κ3) is 7.30. The van der Waals surface area contributed by atoms with E-state index in [1.807, 2.05) is 60.0 Å². The number of aromatic nitrogens is 1. The zero-order valence-corrected chi connectivity index (χ0v) is 20.0. The molecule has 5 N–H and O–H groups in total. The molecular weight excluding hydrogens is 460 g/mol. The summed E-state index contributed by atoms with van der Waals surface area (Å²) in [4.78, 5) is 16.9. The van der Waals surface area contributed by atoms with Gasteiger partial charge in [0.05, 0.1) is 12.1 Å². The van der Waals surface area contributed by atoms with E-state index in [-0.39, 0.29) is 23.8 Å². The van der Waals surface area contributed by atoms with E-state index in [4.69, 9.17) is 0 Å². The number of hydrogen-bond acceptors (Lipinski definition) is 7. The maximum atomic E-state index is 12.4. The molecule has 1 heterocycles. The molecule has 0 radical (unpaired) electrons. The van der Waals surface area contributed by atoms with E-state index in [0.717, 1.165) is 46.3 Å². The Hall–Kier alpha value is -3.88. The fraction of sp³-hybridized carbons (Fsp3) is 0.185. The number of nitrogens with one attached hydrogen (secondary N) is 3. The minimum Gasteiger partial charge on any atom is -0.504 e. The molecule has 35 heavy (non-hydrogen) atoms.